The van der Waals surface area contributed by atoms with Crippen LogP contribution < -0.4 is 4.74 Å². The van der Waals surface area contributed by atoms with E-state index in [1.54, 1.807) is 18.5 Å². The highest BCUT2D eigenvalue weighted by Crippen LogP contribution is 2.35. The number of ether oxygens (including phenoxy) is 1. The van der Waals surface area contributed by atoms with Gasteiger partial charge in [-0.25, -0.2) is 0 Å². The minimum Gasteiger partial charge on any atom is -0.454 e. The van der Waals surface area contributed by atoms with E-state index in [2.05, 4.69) is 50.9 Å². The summed E-state index contributed by atoms with van der Waals surface area (Å²) in [5, 5.41) is 9.15. The maximum absolute atomic E-state index is 9.15. The van der Waals surface area contributed by atoms with Crippen molar-refractivity contribution in [1.29, 1.82) is 5.26 Å². The van der Waals surface area contributed by atoms with Gasteiger partial charge < -0.3 is 4.74 Å². The summed E-state index contributed by atoms with van der Waals surface area (Å²) in [5.74, 6) is 1.28. The van der Waals surface area contributed by atoms with E-state index in [9.17, 15) is 0 Å². The summed E-state index contributed by atoms with van der Waals surface area (Å²) < 4.78 is 5.97. The Kier molecular flexibility index (Phi) is 4.28. The molecule has 0 atom stereocenters. The molecule has 108 valence electrons. The molecule has 3 heteroatoms. The van der Waals surface area contributed by atoms with Crippen LogP contribution in [0.3, 0.4) is 0 Å². The van der Waals surface area contributed by atoms with E-state index in [0.717, 1.165) is 17.7 Å². The van der Waals surface area contributed by atoms with Crippen LogP contribution in [0.25, 0.3) is 0 Å². The summed E-state index contributed by atoms with van der Waals surface area (Å²) in [6.07, 6.45) is 4.16. The summed E-state index contributed by atoms with van der Waals surface area (Å²) in [6, 6.07) is 10.0. The van der Waals surface area contributed by atoms with Crippen molar-refractivity contribution in [2.75, 3.05) is 0 Å². The third kappa shape index (κ3) is 3.41. The second kappa shape index (κ2) is 5.97. The van der Waals surface area contributed by atoms with E-state index in [1.165, 1.54) is 5.56 Å². The van der Waals surface area contributed by atoms with Crippen LogP contribution in [0.5, 0.6) is 11.5 Å². The summed E-state index contributed by atoms with van der Waals surface area (Å²) >= 11 is 0. The third-order valence-electron chi connectivity index (χ3n) is 3.39. The average molecular weight is 280 g/mol. The molecule has 2 aromatic rings. The molecule has 0 saturated carbocycles. The first kappa shape index (κ1) is 15.1. The Morgan fingerprint density at radius 1 is 1.19 bits per heavy atom. The summed E-state index contributed by atoms with van der Waals surface area (Å²) in [5.41, 5.74) is 2.87. The molecule has 1 aromatic heterocycles. The fourth-order valence-electron chi connectivity index (χ4n) is 2.14. The molecule has 0 aliphatic heterocycles. The molecule has 0 fully saturated rings. The quantitative estimate of drug-likeness (QED) is 0.825. The van der Waals surface area contributed by atoms with Crippen LogP contribution in [0.4, 0.5) is 0 Å². The standard InChI is InChI=1S/C18H20N2O/c1-5-13-6-7-16(15(10-13)18(2,3)4)21-17-12-20-9-8-14(17)11-19/h6-10,12H,5H2,1-4H3. The van der Waals surface area contributed by atoms with E-state index in [-0.39, 0.29) is 5.41 Å². The van der Waals surface area contributed by atoms with Crippen molar-refractivity contribution in [2.45, 2.75) is 39.5 Å². The largest absolute Gasteiger partial charge is 0.454 e. The van der Waals surface area contributed by atoms with Crippen molar-refractivity contribution in [3.8, 4) is 17.6 Å². The lowest BCUT2D eigenvalue weighted by Gasteiger charge is -2.23. The summed E-state index contributed by atoms with van der Waals surface area (Å²) in [7, 11) is 0. The van der Waals surface area contributed by atoms with Gasteiger partial charge in [-0.15, -0.1) is 0 Å². The number of aryl methyl sites for hydroxylation is 1. The van der Waals surface area contributed by atoms with E-state index >= 15 is 0 Å². The maximum Gasteiger partial charge on any atom is 0.163 e. The highest BCUT2D eigenvalue weighted by atomic mass is 16.5. The molecule has 0 radical (unpaired) electrons. The van der Waals surface area contributed by atoms with Crippen molar-refractivity contribution >= 4 is 0 Å². The van der Waals surface area contributed by atoms with Gasteiger partial charge in [-0.1, -0.05) is 39.8 Å². The minimum atomic E-state index is -0.0322. The van der Waals surface area contributed by atoms with Gasteiger partial charge in [-0.2, -0.15) is 5.26 Å². The van der Waals surface area contributed by atoms with Crippen molar-refractivity contribution < 1.29 is 4.74 Å². The fraction of sp³-hybridized carbons (Fsp3) is 0.333. The molecule has 21 heavy (non-hydrogen) atoms. The second-order valence-corrected chi connectivity index (χ2v) is 6.02. The number of nitriles is 1. The molecule has 3 nitrogen and oxygen atoms in total. The Balaban J connectivity index is 2.47. The zero-order valence-electron chi connectivity index (χ0n) is 13.0. The van der Waals surface area contributed by atoms with Crippen LogP contribution in [-0.4, -0.2) is 4.98 Å². The lowest BCUT2D eigenvalue weighted by Crippen LogP contribution is -2.13. The Labute approximate surface area is 126 Å². The Morgan fingerprint density at radius 2 is 1.95 bits per heavy atom. The van der Waals surface area contributed by atoms with Gasteiger partial charge >= 0.3 is 0 Å². The van der Waals surface area contributed by atoms with Crippen LogP contribution in [0.15, 0.2) is 36.7 Å². The number of rotatable bonds is 3. The number of aromatic nitrogens is 1. The van der Waals surface area contributed by atoms with Crippen LogP contribution >= 0.6 is 0 Å². The highest BCUT2D eigenvalue weighted by molar-refractivity contribution is 5.47. The molecule has 0 bridgehead atoms. The van der Waals surface area contributed by atoms with Crippen molar-refractivity contribution in [3.63, 3.8) is 0 Å². The molecule has 0 spiro atoms. The number of hydrogen-bond acceptors (Lipinski definition) is 3. The first-order valence-corrected chi connectivity index (χ1v) is 7.11. The second-order valence-electron chi connectivity index (χ2n) is 6.02. The van der Waals surface area contributed by atoms with Gasteiger partial charge in [0.2, 0.25) is 0 Å². The monoisotopic (exact) mass is 280 g/mol. The molecule has 0 amide bonds. The van der Waals surface area contributed by atoms with Gasteiger partial charge in [-0.3, -0.25) is 4.98 Å². The third-order valence-corrected chi connectivity index (χ3v) is 3.39. The predicted octanol–water partition coefficient (Wildman–Crippen LogP) is 4.61. The van der Waals surface area contributed by atoms with E-state index in [4.69, 9.17) is 10.00 Å². The van der Waals surface area contributed by atoms with Crippen LogP contribution in [0.2, 0.25) is 0 Å². The molecule has 0 saturated heterocycles. The van der Waals surface area contributed by atoms with Gasteiger partial charge in [0, 0.05) is 11.8 Å². The van der Waals surface area contributed by atoms with E-state index in [1.807, 2.05) is 6.07 Å². The molecule has 1 aromatic carbocycles. The molecule has 0 N–H and O–H groups in total. The van der Waals surface area contributed by atoms with Crippen LogP contribution in [0.1, 0.15) is 44.4 Å². The SMILES string of the molecule is CCc1ccc(Oc2cnccc2C#N)c(C(C)(C)C)c1. The van der Waals surface area contributed by atoms with Crippen molar-refractivity contribution in [2.24, 2.45) is 0 Å². The minimum absolute atomic E-state index is 0.0322. The first-order valence-electron chi connectivity index (χ1n) is 7.11. The molecule has 0 aliphatic carbocycles. The van der Waals surface area contributed by atoms with Crippen LogP contribution in [-0.2, 0) is 11.8 Å². The zero-order valence-corrected chi connectivity index (χ0v) is 13.0. The number of nitrogens with zero attached hydrogens (tertiary/aromatic N) is 2. The highest BCUT2D eigenvalue weighted by Gasteiger charge is 2.20. The number of pyridine rings is 1. The normalized spacial score (nSPS) is 11.0. The first-order chi connectivity index (χ1) is 9.95. The topological polar surface area (TPSA) is 45.9 Å². The fourth-order valence-corrected chi connectivity index (χ4v) is 2.14. The molecular formula is C18H20N2O. The lowest BCUT2D eigenvalue weighted by atomic mass is 9.85. The van der Waals surface area contributed by atoms with Gasteiger partial charge in [0.25, 0.3) is 0 Å². The van der Waals surface area contributed by atoms with Gasteiger partial charge in [0.15, 0.2) is 5.75 Å². The van der Waals surface area contributed by atoms with Gasteiger partial charge in [0.1, 0.15) is 11.8 Å². The molecule has 2 rings (SSSR count). The summed E-state index contributed by atoms with van der Waals surface area (Å²) in [4.78, 5) is 4.04. The Hall–Kier alpha value is -2.34. The molecule has 0 aliphatic rings. The van der Waals surface area contributed by atoms with Gasteiger partial charge in [-0.05, 0) is 29.5 Å². The predicted molar refractivity (Wildman–Crippen MR) is 83.5 cm³/mol. The Morgan fingerprint density at radius 3 is 2.57 bits per heavy atom. The smallest absolute Gasteiger partial charge is 0.163 e. The van der Waals surface area contributed by atoms with Crippen molar-refractivity contribution in [1.82, 2.24) is 4.98 Å². The molecule has 1 heterocycles. The van der Waals surface area contributed by atoms with Crippen molar-refractivity contribution in [3.05, 3.63) is 53.3 Å². The van der Waals surface area contributed by atoms with E-state index in [0.29, 0.717) is 11.3 Å². The summed E-state index contributed by atoms with van der Waals surface area (Å²) in [6.45, 7) is 8.60. The molecule has 0 unspecified atom stereocenters. The number of hydrogen-bond donors (Lipinski definition) is 0. The maximum atomic E-state index is 9.15. The van der Waals surface area contributed by atoms with Gasteiger partial charge in [0.05, 0.1) is 11.8 Å². The van der Waals surface area contributed by atoms with Crippen LogP contribution in [0, 0.1) is 11.3 Å². The number of benzene rings is 1. The lowest BCUT2D eigenvalue weighted by molar-refractivity contribution is 0.452. The van der Waals surface area contributed by atoms with E-state index < -0.39 is 0 Å². The average Bonchev–Trinajstić information content (AvgIpc) is 2.47. The zero-order chi connectivity index (χ0) is 15.5. The Bertz CT molecular complexity index is 678. The molecular weight excluding hydrogens is 260 g/mol.